The van der Waals surface area contributed by atoms with Crippen molar-refractivity contribution < 1.29 is 24.2 Å². The van der Waals surface area contributed by atoms with Crippen molar-refractivity contribution in [2.24, 2.45) is 5.92 Å². The van der Waals surface area contributed by atoms with E-state index in [-0.39, 0.29) is 11.3 Å². The molecule has 1 aliphatic heterocycles. The predicted molar refractivity (Wildman–Crippen MR) is 162 cm³/mol. The fourth-order valence-electron chi connectivity index (χ4n) is 5.36. The van der Waals surface area contributed by atoms with E-state index in [2.05, 4.69) is 18.8 Å². The van der Waals surface area contributed by atoms with E-state index in [9.17, 15) is 14.7 Å². The Hall–Kier alpha value is -4.59. The number of aromatic nitrogens is 2. The third kappa shape index (κ3) is 5.75. The molecule has 42 heavy (non-hydrogen) atoms. The molecule has 1 fully saturated rings. The van der Waals surface area contributed by atoms with Gasteiger partial charge in [0.25, 0.3) is 11.7 Å². The number of Topliss-reactive ketones (excluding diaryl/α,β-unsaturated/α-hetero) is 1. The molecule has 1 N–H and O–H groups in total. The zero-order valence-corrected chi connectivity index (χ0v) is 24.5. The van der Waals surface area contributed by atoms with E-state index < -0.39 is 17.7 Å². The van der Waals surface area contributed by atoms with Crippen LogP contribution in [-0.4, -0.2) is 50.8 Å². The number of ketones is 1. The zero-order chi connectivity index (χ0) is 29.8. The molecule has 0 saturated carbocycles. The summed E-state index contributed by atoms with van der Waals surface area (Å²) in [7, 11) is 0. The van der Waals surface area contributed by atoms with E-state index >= 15 is 0 Å². The number of pyridine rings is 1. The minimum Gasteiger partial charge on any atom is -0.505 e. The molecular weight excluding hydrogens is 530 g/mol. The monoisotopic (exact) mass is 567 g/mol. The number of ether oxygens (including phenoxy) is 2. The van der Waals surface area contributed by atoms with Crippen molar-refractivity contribution in [3.63, 3.8) is 0 Å². The third-order valence-corrected chi connectivity index (χ3v) is 7.49. The molecule has 1 unspecified atom stereocenters. The summed E-state index contributed by atoms with van der Waals surface area (Å²) in [5, 5.41) is 11.8. The highest BCUT2D eigenvalue weighted by Gasteiger charge is 2.46. The lowest BCUT2D eigenvalue weighted by Gasteiger charge is -2.26. The summed E-state index contributed by atoms with van der Waals surface area (Å²) >= 11 is 0. The van der Waals surface area contributed by atoms with Crippen molar-refractivity contribution in [2.75, 3.05) is 19.8 Å². The molecule has 8 nitrogen and oxygen atoms in total. The van der Waals surface area contributed by atoms with E-state index in [1.807, 2.05) is 73.7 Å². The SMILES string of the molecule is CCOc1cc(C2/C(=C(\O)c3c(C)nc4ccccn34)C(=O)C(=O)N2CCc2ccccc2)ccc1OCCC(C)C. The largest absolute Gasteiger partial charge is 0.505 e. The molecule has 3 heterocycles. The van der Waals surface area contributed by atoms with Gasteiger partial charge in [-0.25, -0.2) is 4.98 Å². The van der Waals surface area contributed by atoms with Crippen molar-refractivity contribution in [3.05, 3.63) is 101 Å². The molecule has 1 saturated heterocycles. The average molecular weight is 568 g/mol. The quantitative estimate of drug-likeness (QED) is 0.133. The van der Waals surface area contributed by atoms with Crippen LogP contribution in [0.5, 0.6) is 11.5 Å². The lowest BCUT2D eigenvalue weighted by atomic mass is 9.95. The zero-order valence-electron chi connectivity index (χ0n) is 24.5. The van der Waals surface area contributed by atoms with Gasteiger partial charge >= 0.3 is 0 Å². The lowest BCUT2D eigenvalue weighted by Crippen LogP contribution is -2.31. The summed E-state index contributed by atoms with van der Waals surface area (Å²) < 4.78 is 13.7. The van der Waals surface area contributed by atoms with E-state index in [1.54, 1.807) is 22.4 Å². The van der Waals surface area contributed by atoms with Gasteiger partial charge in [0, 0.05) is 12.7 Å². The fraction of sp³-hybridized carbons (Fsp3) is 0.324. The van der Waals surface area contributed by atoms with Gasteiger partial charge in [-0.05, 0) is 68.0 Å². The van der Waals surface area contributed by atoms with Gasteiger partial charge in [-0.15, -0.1) is 0 Å². The standard InChI is InChI=1S/C34H37N3O5/c1-5-41-27-21-25(14-15-26(27)42-20-17-22(2)3)31-29(32(38)30-23(4)35-28-13-9-10-18-36(28)30)33(39)34(40)37(31)19-16-24-11-7-6-8-12-24/h6-15,18,21-22,31,38H,5,16-17,19-20H2,1-4H3/b32-29+. The Morgan fingerprint density at radius 2 is 1.76 bits per heavy atom. The number of carbonyl (C=O) groups is 2. The molecule has 1 atom stereocenters. The van der Waals surface area contributed by atoms with Gasteiger partial charge in [0.15, 0.2) is 17.3 Å². The highest BCUT2D eigenvalue weighted by molar-refractivity contribution is 6.46. The topological polar surface area (TPSA) is 93.4 Å². The first-order valence-electron chi connectivity index (χ1n) is 14.5. The van der Waals surface area contributed by atoms with Crippen LogP contribution >= 0.6 is 0 Å². The summed E-state index contributed by atoms with van der Waals surface area (Å²) in [5.41, 5.74) is 3.28. The predicted octanol–water partition coefficient (Wildman–Crippen LogP) is 6.13. The maximum absolute atomic E-state index is 13.7. The first-order chi connectivity index (χ1) is 20.3. The molecule has 0 aliphatic carbocycles. The number of likely N-dealkylation sites (tertiary alicyclic amines) is 1. The summed E-state index contributed by atoms with van der Waals surface area (Å²) in [5.74, 6) is -0.0250. The molecule has 4 aromatic rings. The molecule has 1 amide bonds. The normalized spacial score (nSPS) is 16.5. The Balaban J connectivity index is 1.62. The Kier molecular flexibility index (Phi) is 8.61. The molecule has 0 spiro atoms. The first-order valence-corrected chi connectivity index (χ1v) is 14.5. The Morgan fingerprint density at radius 3 is 2.50 bits per heavy atom. The van der Waals surface area contributed by atoms with E-state index in [1.165, 1.54) is 0 Å². The number of nitrogens with zero attached hydrogens (tertiary/aromatic N) is 3. The molecule has 1 aliphatic rings. The summed E-state index contributed by atoms with van der Waals surface area (Å²) in [4.78, 5) is 33.4. The summed E-state index contributed by atoms with van der Waals surface area (Å²) in [6, 6.07) is 20.0. The number of hydrogen-bond donors (Lipinski definition) is 1. The van der Waals surface area contributed by atoms with Gasteiger partial charge in [-0.3, -0.25) is 14.0 Å². The number of aryl methyl sites for hydroxylation is 1. The van der Waals surface area contributed by atoms with Crippen molar-refractivity contribution in [2.45, 2.75) is 46.6 Å². The van der Waals surface area contributed by atoms with Gasteiger partial charge in [0.2, 0.25) is 0 Å². The van der Waals surface area contributed by atoms with Crippen LogP contribution in [-0.2, 0) is 16.0 Å². The number of fused-ring (bicyclic) bond motifs is 1. The van der Waals surface area contributed by atoms with Crippen LogP contribution in [0.1, 0.15) is 55.7 Å². The number of carbonyl (C=O) groups excluding carboxylic acids is 2. The second-order valence-electron chi connectivity index (χ2n) is 10.9. The van der Waals surface area contributed by atoms with Crippen LogP contribution in [0, 0.1) is 12.8 Å². The highest BCUT2D eigenvalue weighted by Crippen LogP contribution is 2.42. The van der Waals surface area contributed by atoms with Crippen LogP contribution in [0.3, 0.4) is 0 Å². The van der Waals surface area contributed by atoms with Gasteiger partial charge in [0.1, 0.15) is 11.3 Å². The van der Waals surface area contributed by atoms with Gasteiger partial charge < -0.3 is 19.5 Å². The third-order valence-electron chi connectivity index (χ3n) is 7.49. The maximum Gasteiger partial charge on any atom is 0.295 e. The minimum absolute atomic E-state index is 0.0257. The minimum atomic E-state index is -0.828. The number of benzene rings is 2. The number of aliphatic hydroxyl groups excluding tert-OH is 1. The smallest absolute Gasteiger partial charge is 0.295 e. The maximum atomic E-state index is 13.7. The van der Waals surface area contributed by atoms with Gasteiger partial charge in [-0.2, -0.15) is 0 Å². The number of aliphatic hydroxyl groups is 1. The molecule has 0 radical (unpaired) electrons. The molecule has 5 rings (SSSR count). The lowest BCUT2D eigenvalue weighted by molar-refractivity contribution is -0.139. The van der Waals surface area contributed by atoms with Crippen LogP contribution < -0.4 is 9.47 Å². The number of rotatable bonds is 11. The van der Waals surface area contributed by atoms with E-state index in [0.717, 1.165) is 12.0 Å². The molecular formula is C34H37N3O5. The van der Waals surface area contributed by atoms with E-state index in [4.69, 9.17) is 9.47 Å². The van der Waals surface area contributed by atoms with Crippen LogP contribution in [0.4, 0.5) is 0 Å². The second kappa shape index (κ2) is 12.5. The molecule has 218 valence electrons. The molecule has 2 aromatic carbocycles. The van der Waals surface area contributed by atoms with Crippen LogP contribution in [0.15, 0.2) is 78.5 Å². The summed E-state index contributed by atoms with van der Waals surface area (Å²) in [6.45, 7) is 9.20. The van der Waals surface area contributed by atoms with E-state index in [0.29, 0.717) is 66.2 Å². The Bertz CT molecular complexity index is 1620. The number of amides is 1. The summed E-state index contributed by atoms with van der Waals surface area (Å²) in [6.07, 6.45) is 3.22. The van der Waals surface area contributed by atoms with Gasteiger partial charge in [0.05, 0.1) is 30.5 Å². The fourth-order valence-corrected chi connectivity index (χ4v) is 5.36. The Morgan fingerprint density at radius 1 is 1.00 bits per heavy atom. The second-order valence-corrected chi connectivity index (χ2v) is 10.9. The van der Waals surface area contributed by atoms with Crippen molar-refractivity contribution in [1.82, 2.24) is 14.3 Å². The highest BCUT2D eigenvalue weighted by atomic mass is 16.5. The number of hydrogen-bond acceptors (Lipinski definition) is 6. The van der Waals surface area contributed by atoms with Crippen LogP contribution in [0.25, 0.3) is 11.4 Å². The molecule has 8 heteroatoms. The first kappa shape index (κ1) is 28.9. The molecule has 2 aromatic heterocycles. The van der Waals surface area contributed by atoms with Gasteiger partial charge in [-0.1, -0.05) is 56.3 Å². The van der Waals surface area contributed by atoms with Crippen molar-refractivity contribution in [1.29, 1.82) is 0 Å². The van der Waals surface area contributed by atoms with Crippen molar-refractivity contribution >= 4 is 23.1 Å². The average Bonchev–Trinajstić information content (AvgIpc) is 3.45. The Labute approximate surface area is 246 Å². The van der Waals surface area contributed by atoms with Crippen LogP contribution in [0.2, 0.25) is 0 Å². The van der Waals surface area contributed by atoms with Crippen molar-refractivity contribution in [3.8, 4) is 11.5 Å². The molecule has 0 bridgehead atoms. The number of imidazole rings is 1.